The predicted octanol–water partition coefficient (Wildman–Crippen LogP) is -0.171. The Labute approximate surface area is 121 Å². The zero-order valence-electron chi connectivity index (χ0n) is 12.0. The van der Waals surface area contributed by atoms with Crippen LogP contribution in [-0.4, -0.2) is 51.4 Å². The highest BCUT2D eigenvalue weighted by molar-refractivity contribution is 6.10. The summed E-state index contributed by atoms with van der Waals surface area (Å²) in [5, 5.41) is 13.7. The molecule has 0 bridgehead atoms. The molecule has 8 heteroatoms. The minimum Gasteiger partial charge on any atom is -0.480 e. The molecular formula is C13H19N3O5. The number of nitrogens with zero attached hydrogens (tertiary/aromatic N) is 1. The van der Waals surface area contributed by atoms with Gasteiger partial charge in [-0.2, -0.15) is 0 Å². The van der Waals surface area contributed by atoms with Crippen LogP contribution in [0.2, 0.25) is 0 Å². The number of carboxylic acids is 1. The van der Waals surface area contributed by atoms with Gasteiger partial charge in [0.15, 0.2) is 0 Å². The number of carbonyl (C=O) groups is 4. The van der Waals surface area contributed by atoms with Gasteiger partial charge in [0.1, 0.15) is 17.6 Å². The fraction of sp³-hybridized carbons (Fsp3) is 0.692. The number of hydrogen-bond donors (Lipinski definition) is 3. The van der Waals surface area contributed by atoms with E-state index in [2.05, 4.69) is 10.6 Å². The van der Waals surface area contributed by atoms with Crippen molar-refractivity contribution in [3.05, 3.63) is 0 Å². The first kappa shape index (κ1) is 15.3. The molecule has 1 saturated carbocycles. The van der Waals surface area contributed by atoms with Crippen LogP contribution in [0.25, 0.3) is 0 Å². The molecule has 1 heterocycles. The molecule has 2 atom stereocenters. The Balaban J connectivity index is 2.10. The van der Waals surface area contributed by atoms with Gasteiger partial charge in [-0.05, 0) is 26.7 Å². The third-order valence-corrected chi connectivity index (χ3v) is 4.15. The zero-order valence-corrected chi connectivity index (χ0v) is 12.0. The summed E-state index contributed by atoms with van der Waals surface area (Å²) in [7, 11) is 0. The van der Waals surface area contributed by atoms with Crippen LogP contribution in [0.4, 0.5) is 4.79 Å². The SMILES string of the molecule is CC(C(=O)N[C@@H](C)C(=O)O)N1C(=O)NC2(CCCC2)C1=O. The van der Waals surface area contributed by atoms with Crippen molar-refractivity contribution < 1.29 is 24.3 Å². The Hall–Kier alpha value is -2.12. The Kier molecular flexibility index (Phi) is 3.89. The molecule has 0 aromatic heterocycles. The van der Waals surface area contributed by atoms with Gasteiger partial charge in [0.2, 0.25) is 5.91 Å². The molecule has 1 aliphatic heterocycles. The second-order valence-electron chi connectivity index (χ2n) is 5.64. The summed E-state index contributed by atoms with van der Waals surface area (Å²) in [4.78, 5) is 48.1. The van der Waals surface area contributed by atoms with Crippen molar-refractivity contribution in [3.8, 4) is 0 Å². The van der Waals surface area contributed by atoms with Crippen LogP contribution in [0.5, 0.6) is 0 Å². The normalized spacial score (nSPS) is 23.0. The Bertz CT molecular complexity index is 498. The van der Waals surface area contributed by atoms with Gasteiger partial charge >= 0.3 is 12.0 Å². The highest BCUT2D eigenvalue weighted by atomic mass is 16.4. The molecule has 2 fully saturated rings. The minimum absolute atomic E-state index is 0.393. The summed E-state index contributed by atoms with van der Waals surface area (Å²) in [6.45, 7) is 2.73. The van der Waals surface area contributed by atoms with Gasteiger partial charge in [-0.25, -0.2) is 9.69 Å². The van der Waals surface area contributed by atoms with Crippen LogP contribution in [-0.2, 0) is 14.4 Å². The van der Waals surface area contributed by atoms with E-state index in [9.17, 15) is 19.2 Å². The van der Waals surface area contributed by atoms with Gasteiger partial charge in [0, 0.05) is 0 Å². The first-order valence-corrected chi connectivity index (χ1v) is 6.97. The summed E-state index contributed by atoms with van der Waals surface area (Å²) >= 11 is 0. The highest BCUT2D eigenvalue weighted by Gasteiger charge is 2.54. The quantitative estimate of drug-likeness (QED) is 0.623. The predicted molar refractivity (Wildman–Crippen MR) is 71.3 cm³/mol. The maximum absolute atomic E-state index is 12.5. The van der Waals surface area contributed by atoms with Gasteiger partial charge in [-0.15, -0.1) is 0 Å². The lowest BCUT2D eigenvalue weighted by molar-refractivity contribution is -0.143. The molecule has 116 valence electrons. The Morgan fingerprint density at radius 1 is 1.29 bits per heavy atom. The molecule has 0 radical (unpaired) electrons. The van der Waals surface area contributed by atoms with E-state index < -0.39 is 41.4 Å². The second-order valence-corrected chi connectivity index (χ2v) is 5.64. The standard InChI is InChI=1S/C13H19N3O5/c1-7(10(18)19)14-9(17)8(2)16-11(20)13(15-12(16)21)5-3-4-6-13/h7-8H,3-6H2,1-2H3,(H,14,17)(H,15,21)(H,18,19)/t7-,8?/m0/s1. The first-order valence-electron chi connectivity index (χ1n) is 6.97. The monoisotopic (exact) mass is 297 g/mol. The van der Waals surface area contributed by atoms with Crippen molar-refractivity contribution >= 4 is 23.8 Å². The summed E-state index contributed by atoms with van der Waals surface area (Å²) in [5.41, 5.74) is -0.871. The van der Waals surface area contributed by atoms with Crippen LogP contribution >= 0.6 is 0 Å². The van der Waals surface area contributed by atoms with Crippen LogP contribution in [0, 0.1) is 0 Å². The molecule has 1 aliphatic carbocycles. The number of aliphatic carboxylic acids is 1. The molecule has 0 aromatic rings. The molecule has 3 N–H and O–H groups in total. The van der Waals surface area contributed by atoms with Crippen LogP contribution in [0.1, 0.15) is 39.5 Å². The van der Waals surface area contributed by atoms with E-state index in [1.807, 2.05) is 0 Å². The number of hydrogen-bond acceptors (Lipinski definition) is 4. The molecule has 8 nitrogen and oxygen atoms in total. The summed E-state index contributed by atoms with van der Waals surface area (Å²) < 4.78 is 0. The number of carboxylic acid groups (broad SMARTS) is 1. The lowest BCUT2D eigenvalue weighted by Gasteiger charge is -2.24. The van der Waals surface area contributed by atoms with Gasteiger partial charge in [-0.1, -0.05) is 12.8 Å². The second kappa shape index (κ2) is 5.34. The summed E-state index contributed by atoms with van der Waals surface area (Å²) in [6, 6.07) is -2.71. The molecule has 21 heavy (non-hydrogen) atoms. The first-order chi connectivity index (χ1) is 9.78. The topological polar surface area (TPSA) is 116 Å². The number of amides is 4. The van der Waals surface area contributed by atoms with Gasteiger partial charge in [0.05, 0.1) is 0 Å². The van der Waals surface area contributed by atoms with Crippen LogP contribution < -0.4 is 10.6 Å². The van der Waals surface area contributed by atoms with Crippen molar-refractivity contribution in [3.63, 3.8) is 0 Å². The van der Waals surface area contributed by atoms with Crippen LogP contribution in [0.3, 0.4) is 0 Å². The lowest BCUT2D eigenvalue weighted by atomic mass is 9.97. The number of carbonyl (C=O) groups excluding carboxylic acids is 3. The van der Waals surface area contributed by atoms with E-state index in [-0.39, 0.29) is 0 Å². The molecule has 2 aliphatic rings. The fourth-order valence-corrected chi connectivity index (χ4v) is 2.82. The minimum atomic E-state index is -1.18. The maximum Gasteiger partial charge on any atom is 0.325 e. The van der Waals surface area contributed by atoms with Crippen molar-refractivity contribution in [2.75, 3.05) is 0 Å². The molecular weight excluding hydrogens is 278 g/mol. The summed E-state index contributed by atoms with van der Waals surface area (Å²) in [5.74, 6) is -2.24. The Morgan fingerprint density at radius 2 is 1.86 bits per heavy atom. The molecule has 1 saturated heterocycles. The molecule has 1 spiro atoms. The molecule has 1 unspecified atom stereocenters. The van der Waals surface area contributed by atoms with E-state index in [1.165, 1.54) is 13.8 Å². The smallest absolute Gasteiger partial charge is 0.325 e. The average Bonchev–Trinajstić information content (AvgIpc) is 2.96. The highest BCUT2D eigenvalue weighted by Crippen LogP contribution is 2.35. The largest absolute Gasteiger partial charge is 0.480 e. The molecule has 2 rings (SSSR count). The van der Waals surface area contributed by atoms with Crippen molar-refractivity contribution in [1.29, 1.82) is 0 Å². The number of imide groups is 1. The van der Waals surface area contributed by atoms with Gasteiger partial charge < -0.3 is 15.7 Å². The van der Waals surface area contributed by atoms with E-state index in [0.717, 1.165) is 17.7 Å². The molecule has 0 aromatic carbocycles. The van der Waals surface area contributed by atoms with E-state index >= 15 is 0 Å². The summed E-state index contributed by atoms with van der Waals surface area (Å²) in [6.07, 6.45) is 2.87. The average molecular weight is 297 g/mol. The van der Waals surface area contributed by atoms with Crippen molar-refractivity contribution in [2.24, 2.45) is 0 Å². The van der Waals surface area contributed by atoms with E-state index in [0.29, 0.717) is 12.8 Å². The number of nitrogens with one attached hydrogen (secondary N) is 2. The number of rotatable bonds is 4. The Morgan fingerprint density at radius 3 is 2.38 bits per heavy atom. The molecule has 4 amide bonds. The third-order valence-electron chi connectivity index (χ3n) is 4.15. The maximum atomic E-state index is 12.5. The van der Waals surface area contributed by atoms with Crippen molar-refractivity contribution in [2.45, 2.75) is 57.2 Å². The fourth-order valence-electron chi connectivity index (χ4n) is 2.82. The third kappa shape index (κ3) is 2.57. The number of urea groups is 1. The van der Waals surface area contributed by atoms with E-state index in [4.69, 9.17) is 5.11 Å². The van der Waals surface area contributed by atoms with Crippen molar-refractivity contribution in [1.82, 2.24) is 15.5 Å². The van der Waals surface area contributed by atoms with Crippen LogP contribution in [0.15, 0.2) is 0 Å². The van der Waals surface area contributed by atoms with Gasteiger partial charge in [0.25, 0.3) is 5.91 Å². The van der Waals surface area contributed by atoms with E-state index in [1.54, 1.807) is 0 Å². The van der Waals surface area contributed by atoms with Gasteiger partial charge in [-0.3, -0.25) is 14.4 Å². The zero-order chi connectivity index (χ0) is 15.8. The lowest BCUT2D eigenvalue weighted by Crippen LogP contribution is -2.52.